The van der Waals surface area contributed by atoms with Crippen LogP contribution >= 0.6 is 15.9 Å². The van der Waals surface area contributed by atoms with Crippen molar-refractivity contribution in [3.05, 3.63) is 101 Å². The van der Waals surface area contributed by atoms with Crippen molar-refractivity contribution in [3.63, 3.8) is 0 Å². The average Bonchev–Trinajstić information content (AvgIpc) is 2.78. The Bertz CT molecular complexity index is 1180. The third-order valence-electron chi connectivity index (χ3n) is 5.56. The zero-order valence-electron chi connectivity index (χ0n) is 18.5. The average molecular weight is 510 g/mol. The van der Waals surface area contributed by atoms with E-state index in [1.807, 2.05) is 48.5 Å². The zero-order valence-corrected chi connectivity index (χ0v) is 20.1. The second-order valence-electron chi connectivity index (χ2n) is 9.04. The Morgan fingerprint density at radius 3 is 1.45 bits per heavy atom. The fraction of sp³-hybridized carbons (Fsp3) is 0.179. The lowest BCUT2D eigenvalue weighted by Crippen LogP contribution is -2.10. The molecule has 0 aliphatic carbocycles. The van der Waals surface area contributed by atoms with Crippen LogP contribution in [-0.4, -0.2) is 4.98 Å². The smallest absolute Gasteiger partial charge is 0.248 e. The largest absolute Gasteiger partial charge is 0.416 e. The third kappa shape index (κ3) is 5.36. The summed E-state index contributed by atoms with van der Waals surface area (Å²) >= 11 is 3.45. The van der Waals surface area contributed by atoms with Gasteiger partial charge in [-0.25, -0.2) is 4.98 Å². The van der Waals surface area contributed by atoms with Gasteiger partial charge in [-0.3, -0.25) is 0 Å². The zero-order chi connectivity index (χ0) is 23.8. The van der Waals surface area contributed by atoms with Gasteiger partial charge in [0.15, 0.2) is 0 Å². The summed E-state index contributed by atoms with van der Waals surface area (Å²) in [6, 6.07) is 25.2. The van der Waals surface area contributed by atoms with E-state index in [4.69, 9.17) is 4.98 Å². The summed E-state index contributed by atoms with van der Waals surface area (Å²) in [6.45, 7) is 6.49. The van der Waals surface area contributed by atoms with Crippen LogP contribution in [0.3, 0.4) is 0 Å². The maximum Gasteiger partial charge on any atom is 0.416 e. The number of nitrogens with zero attached hydrogens (tertiary/aromatic N) is 1. The number of benzene rings is 3. The number of pyridine rings is 1. The molecule has 5 heteroatoms. The van der Waals surface area contributed by atoms with E-state index in [0.717, 1.165) is 44.7 Å². The minimum absolute atomic E-state index is 0.0383. The summed E-state index contributed by atoms with van der Waals surface area (Å²) in [5, 5.41) is 0. The Labute approximate surface area is 200 Å². The van der Waals surface area contributed by atoms with E-state index in [1.54, 1.807) is 0 Å². The summed E-state index contributed by atoms with van der Waals surface area (Å²) in [4.78, 5) is 4.88. The highest BCUT2D eigenvalue weighted by atomic mass is 79.9. The minimum atomic E-state index is -4.36. The number of halogens is 4. The molecule has 0 aliphatic heterocycles. The quantitative estimate of drug-likeness (QED) is 0.268. The van der Waals surface area contributed by atoms with Gasteiger partial charge in [0.1, 0.15) is 0 Å². The Kier molecular flexibility index (Phi) is 6.19. The SMILES string of the molecule is CC(C)(C)c1ccc(-c2cc(-c3ccc(C(F)(F)F)cc3)cc(-c3ccc(Br)cc3)n2)cc1. The van der Waals surface area contributed by atoms with Gasteiger partial charge < -0.3 is 0 Å². The van der Waals surface area contributed by atoms with Crippen LogP contribution in [0.1, 0.15) is 31.9 Å². The van der Waals surface area contributed by atoms with Crippen LogP contribution in [0, 0.1) is 0 Å². The second-order valence-corrected chi connectivity index (χ2v) is 9.95. The van der Waals surface area contributed by atoms with Crippen LogP contribution in [-0.2, 0) is 11.6 Å². The molecule has 3 aromatic carbocycles. The molecule has 4 aromatic rings. The van der Waals surface area contributed by atoms with Crippen LogP contribution < -0.4 is 0 Å². The lowest BCUT2D eigenvalue weighted by Gasteiger charge is -2.19. The molecular weight excluding hydrogens is 487 g/mol. The lowest BCUT2D eigenvalue weighted by molar-refractivity contribution is -0.137. The van der Waals surface area contributed by atoms with Crippen molar-refractivity contribution in [2.24, 2.45) is 0 Å². The van der Waals surface area contributed by atoms with Gasteiger partial charge in [-0.15, -0.1) is 0 Å². The number of hydrogen-bond acceptors (Lipinski definition) is 1. The van der Waals surface area contributed by atoms with Crippen molar-refractivity contribution in [1.29, 1.82) is 0 Å². The molecule has 0 N–H and O–H groups in total. The maximum atomic E-state index is 13.0. The molecular formula is C28H23BrF3N. The molecule has 1 heterocycles. The van der Waals surface area contributed by atoms with Crippen LogP contribution in [0.25, 0.3) is 33.6 Å². The highest BCUT2D eigenvalue weighted by Crippen LogP contribution is 2.34. The van der Waals surface area contributed by atoms with Gasteiger partial charge >= 0.3 is 6.18 Å². The monoisotopic (exact) mass is 509 g/mol. The fourth-order valence-corrected chi connectivity index (χ4v) is 3.87. The topological polar surface area (TPSA) is 12.9 Å². The van der Waals surface area contributed by atoms with Crippen LogP contribution in [0.5, 0.6) is 0 Å². The van der Waals surface area contributed by atoms with Crippen LogP contribution in [0.4, 0.5) is 13.2 Å². The number of rotatable bonds is 3. The summed E-state index contributed by atoms with van der Waals surface area (Å²) in [6.07, 6.45) is -4.36. The molecule has 0 bridgehead atoms. The highest BCUT2D eigenvalue weighted by Gasteiger charge is 2.30. The first-order valence-electron chi connectivity index (χ1n) is 10.6. The van der Waals surface area contributed by atoms with Crippen LogP contribution in [0.2, 0.25) is 0 Å². The van der Waals surface area contributed by atoms with Gasteiger partial charge in [-0.1, -0.05) is 85.2 Å². The van der Waals surface area contributed by atoms with Gasteiger partial charge in [0.2, 0.25) is 0 Å². The van der Waals surface area contributed by atoms with E-state index >= 15 is 0 Å². The fourth-order valence-electron chi connectivity index (χ4n) is 3.61. The van der Waals surface area contributed by atoms with Crippen molar-refractivity contribution >= 4 is 15.9 Å². The molecule has 33 heavy (non-hydrogen) atoms. The molecule has 1 nitrogen and oxygen atoms in total. The molecule has 0 radical (unpaired) electrons. The van der Waals surface area contributed by atoms with Crippen molar-refractivity contribution in [1.82, 2.24) is 4.98 Å². The minimum Gasteiger partial charge on any atom is -0.248 e. The standard InChI is InChI=1S/C28H23BrF3N/c1-27(2,3)22-10-6-19(7-11-22)25-16-21(18-4-12-23(13-5-18)28(30,31)32)17-26(33-25)20-8-14-24(29)15-9-20/h4-17H,1-3H3. The molecule has 0 saturated heterocycles. The van der Waals surface area contributed by atoms with E-state index in [1.165, 1.54) is 17.7 Å². The lowest BCUT2D eigenvalue weighted by atomic mass is 9.86. The summed E-state index contributed by atoms with van der Waals surface area (Å²) in [7, 11) is 0. The summed E-state index contributed by atoms with van der Waals surface area (Å²) in [5.41, 5.74) is 5.53. The Morgan fingerprint density at radius 1 is 0.576 bits per heavy atom. The molecule has 0 atom stereocenters. The molecule has 0 spiro atoms. The molecule has 0 unspecified atom stereocenters. The van der Waals surface area contributed by atoms with E-state index in [9.17, 15) is 13.2 Å². The molecule has 0 fully saturated rings. The first kappa shape index (κ1) is 23.2. The Morgan fingerprint density at radius 2 is 1.00 bits per heavy atom. The first-order valence-corrected chi connectivity index (χ1v) is 11.4. The molecule has 168 valence electrons. The van der Waals surface area contributed by atoms with Gasteiger partial charge in [0.05, 0.1) is 17.0 Å². The highest BCUT2D eigenvalue weighted by molar-refractivity contribution is 9.10. The predicted molar refractivity (Wildman–Crippen MR) is 132 cm³/mol. The van der Waals surface area contributed by atoms with Crippen LogP contribution in [0.15, 0.2) is 89.4 Å². The third-order valence-corrected chi connectivity index (χ3v) is 6.09. The maximum absolute atomic E-state index is 13.0. The van der Waals surface area contributed by atoms with E-state index in [2.05, 4.69) is 48.8 Å². The van der Waals surface area contributed by atoms with E-state index in [0.29, 0.717) is 5.56 Å². The summed E-state index contributed by atoms with van der Waals surface area (Å²) < 4.78 is 40.0. The predicted octanol–water partition coefficient (Wildman–Crippen LogP) is 9.16. The molecule has 1 aromatic heterocycles. The number of aromatic nitrogens is 1. The molecule has 4 rings (SSSR count). The van der Waals surface area contributed by atoms with Gasteiger partial charge in [-0.05, 0) is 58.5 Å². The van der Waals surface area contributed by atoms with Gasteiger partial charge in [0.25, 0.3) is 0 Å². The van der Waals surface area contributed by atoms with Crippen molar-refractivity contribution in [3.8, 4) is 33.6 Å². The number of alkyl halides is 3. The Balaban J connectivity index is 1.83. The van der Waals surface area contributed by atoms with Crippen molar-refractivity contribution in [2.45, 2.75) is 32.4 Å². The number of hydrogen-bond donors (Lipinski definition) is 0. The molecule has 0 aliphatic rings. The van der Waals surface area contributed by atoms with Crippen molar-refractivity contribution in [2.75, 3.05) is 0 Å². The van der Waals surface area contributed by atoms with E-state index < -0.39 is 11.7 Å². The molecule has 0 saturated carbocycles. The van der Waals surface area contributed by atoms with Gasteiger partial charge in [-0.2, -0.15) is 13.2 Å². The summed E-state index contributed by atoms with van der Waals surface area (Å²) in [5.74, 6) is 0. The van der Waals surface area contributed by atoms with Crippen molar-refractivity contribution < 1.29 is 13.2 Å². The first-order chi connectivity index (χ1) is 15.5. The Hall–Kier alpha value is -2.92. The molecule has 0 amide bonds. The van der Waals surface area contributed by atoms with E-state index in [-0.39, 0.29) is 5.41 Å². The second kappa shape index (κ2) is 8.79. The van der Waals surface area contributed by atoms with Gasteiger partial charge in [0, 0.05) is 15.6 Å². The normalized spacial score (nSPS) is 12.1.